The van der Waals surface area contributed by atoms with Crippen LogP contribution in [0.15, 0.2) is 0 Å². The molecule has 1 aliphatic carbocycles. The number of piperidine rings is 1. The fourth-order valence-corrected chi connectivity index (χ4v) is 6.20. The predicted octanol–water partition coefficient (Wildman–Crippen LogP) is 3.26. The summed E-state index contributed by atoms with van der Waals surface area (Å²) in [5.41, 5.74) is 0.218. The third-order valence-corrected chi connectivity index (χ3v) is 7.74. The molecular formula is C21H32F3N3O3. The second-order valence-electron chi connectivity index (χ2n) is 9.51. The molecule has 0 radical (unpaired) electrons. The molecule has 0 N–H and O–H groups in total. The van der Waals surface area contributed by atoms with Crippen molar-refractivity contribution in [2.24, 2.45) is 11.3 Å². The maximum Gasteiger partial charge on any atom is 0.471 e. The van der Waals surface area contributed by atoms with Crippen LogP contribution in [0.5, 0.6) is 0 Å². The van der Waals surface area contributed by atoms with E-state index in [0.717, 1.165) is 63.2 Å². The zero-order valence-electron chi connectivity index (χ0n) is 17.6. The Bertz CT molecular complexity index is 658. The number of nitrogens with zero attached hydrogens (tertiary/aromatic N) is 3. The van der Waals surface area contributed by atoms with Crippen LogP contribution in [0.4, 0.5) is 18.0 Å². The van der Waals surface area contributed by atoms with Crippen molar-refractivity contribution in [1.82, 2.24) is 14.7 Å². The summed E-state index contributed by atoms with van der Waals surface area (Å²) in [7, 11) is 0. The van der Waals surface area contributed by atoms with Crippen molar-refractivity contribution in [2.75, 3.05) is 39.3 Å². The zero-order chi connectivity index (χ0) is 21.5. The topological polar surface area (TPSA) is 53.1 Å². The molecule has 3 heterocycles. The van der Waals surface area contributed by atoms with Gasteiger partial charge in [-0.15, -0.1) is 0 Å². The van der Waals surface area contributed by atoms with Crippen molar-refractivity contribution in [3.63, 3.8) is 0 Å². The lowest BCUT2D eigenvalue weighted by Crippen LogP contribution is -2.55. The Hall–Kier alpha value is -1.51. The molecule has 30 heavy (non-hydrogen) atoms. The van der Waals surface area contributed by atoms with E-state index in [1.165, 1.54) is 0 Å². The molecule has 9 heteroatoms. The molecule has 3 saturated heterocycles. The van der Waals surface area contributed by atoms with E-state index in [9.17, 15) is 22.8 Å². The lowest BCUT2D eigenvalue weighted by molar-refractivity contribution is -0.187. The van der Waals surface area contributed by atoms with Gasteiger partial charge in [0.15, 0.2) is 0 Å². The van der Waals surface area contributed by atoms with E-state index in [2.05, 4.69) is 4.90 Å². The van der Waals surface area contributed by atoms with E-state index in [1.807, 2.05) is 11.8 Å². The van der Waals surface area contributed by atoms with Gasteiger partial charge in [0.2, 0.25) is 0 Å². The highest BCUT2D eigenvalue weighted by Crippen LogP contribution is 2.51. The van der Waals surface area contributed by atoms with Crippen LogP contribution in [0.25, 0.3) is 0 Å². The Morgan fingerprint density at radius 1 is 1.07 bits per heavy atom. The van der Waals surface area contributed by atoms with Crippen LogP contribution < -0.4 is 0 Å². The van der Waals surface area contributed by atoms with Crippen LogP contribution in [0.1, 0.15) is 51.9 Å². The van der Waals surface area contributed by atoms with Crippen LogP contribution in [-0.2, 0) is 9.53 Å². The highest BCUT2D eigenvalue weighted by Gasteiger charge is 2.52. The smallest absolute Gasteiger partial charge is 0.450 e. The van der Waals surface area contributed by atoms with Gasteiger partial charge in [0.05, 0.1) is 6.61 Å². The van der Waals surface area contributed by atoms with Crippen molar-refractivity contribution in [2.45, 2.75) is 70.1 Å². The Morgan fingerprint density at radius 3 is 2.40 bits per heavy atom. The molecule has 0 aromatic carbocycles. The van der Waals surface area contributed by atoms with Crippen molar-refractivity contribution in [1.29, 1.82) is 0 Å². The second kappa shape index (κ2) is 8.20. The maximum atomic E-state index is 12.9. The summed E-state index contributed by atoms with van der Waals surface area (Å²) < 4.78 is 43.8. The largest absolute Gasteiger partial charge is 0.471 e. The molecule has 1 saturated carbocycles. The molecule has 4 rings (SSSR count). The summed E-state index contributed by atoms with van der Waals surface area (Å²) in [4.78, 5) is 29.1. The van der Waals surface area contributed by atoms with Gasteiger partial charge >= 0.3 is 18.2 Å². The predicted molar refractivity (Wildman–Crippen MR) is 104 cm³/mol. The third kappa shape index (κ3) is 4.14. The number of carbonyl (C=O) groups excluding carboxylic acids is 2. The van der Waals surface area contributed by atoms with Crippen LogP contribution >= 0.6 is 0 Å². The summed E-state index contributed by atoms with van der Waals surface area (Å²) >= 11 is 0. The van der Waals surface area contributed by atoms with Crippen LogP contribution in [0.2, 0.25) is 0 Å². The Kier molecular flexibility index (Phi) is 5.94. The first-order chi connectivity index (χ1) is 14.2. The molecule has 1 spiro atoms. The van der Waals surface area contributed by atoms with Gasteiger partial charge in [-0.05, 0) is 76.3 Å². The Balaban J connectivity index is 1.24. The average Bonchev–Trinajstić information content (AvgIpc) is 3.33. The van der Waals surface area contributed by atoms with Gasteiger partial charge in [0.25, 0.3) is 0 Å². The first-order valence-corrected chi connectivity index (χ1v) is 11.3. The molecule has 1 atom stereocenters. The van der Waals surface area contributed by atoms with E-state index >= 15 is 0 Å². The third-order valence-electron chi connectivity index (χ3n) is 7.74. The van der Waals surface area contributed by atoms with E-state index < -0.39 is 12.1 Å². The van der Waals surface area contributed by atoms with Crippen molar-refractivity contribution < 1.29 is 27.5 Å². The number of ether oxygens (including phenoxy) is 1. The fourth-order valence-electron chi connectivity index (χ4n) is 6.20. The van der Waals surface area contributed by atoms with E-state index in [0.29, 0.717) is 25.5 Å². The number of hydrogen-bond donors (Lipinski definition) is 0. The first kappa shape index (κ1) is 21.7. The van der Waals surface area contributed by atoms with Crippen molar-refractivity contribution >= 4 is 12.0 Å². The lowest BCUT2D eigenvalue weighted by Gasteiger charge is -2.52. The highest BCUT2D eigenvalue weighted by molar-refractivity contribution is 5.82. The maximum absolute atomic E-state index is 12.9. The van der Waals surface area contributed by atoms with Gasteiger partial charge in [0, 0.05) is 31.7 Å². The number of rotatable bonds is 3. The minimum atomic E-state index is -4.78. The number of alkyl halides is 3. The molecule has 0 aromatic heterocycles. The standard InChI is InChI=1S/C21H32F3N3O3/c1-2-30-19(29)26-11-7-20(14-26)12-16(13-20)25-9-5-15(6-10-25)17-4-3-8-27(17)18(28)21(22,23)24/h15-17H,2-14H2,1H3. The highest BCUT2D eigenvalue weighted by atomic mass is 19.4. The van der Waals surface area contributed by atoms with Gasteiger partial charge in [-0.25, -0.2) is 4.79 Å². The van der Waals surface area contributed by atoms with Gasteiger partial charge in [-0.2, -0.15) is 13.2 Å². The summed E-state index contributed by atoms with van der Waals surface area (Å²) in [6, 6.07) is 0.242. The van der Waals surface area contributed by atoms with Crippen molar-refractivity contribution in [3.8, 4) is 0 Å². The zero-order valence-corrected chi connectivity index (χ0v) is 17.6. The summed E-state index contributed by atoms with van der Waals surface area (Å²) in [6.07, 6.45) is 1.24. The van der Waals surface area contributed by atoms with Gasteiger partial charge in [0.1, 0.15) is 0 Å². The quantitative estimate of drug-likeness (QED) is 0.688. The second-order valence-corrected chi connectivity index (χ2v) is 9.51. The van der Waals surface area contributed by atoms with Gasteiger partial charge in [-0.1, -0.05) is 0 Å². The number of halogens is 3. The number of likely N-dealkylation sites (tertiary alicyclic amines) is 3. The molecular weight excluding hydrogens is 399 g/mol. The number of carbonyl (C=O) groups is 2. The average molecular weight is 431 g/mol. The van der Waals surface area contributed by atoms with Crippen LogP contribution in [-0.4, -0.2) is 84.3 Å². The SMILES string of the molecule is CCOC(=O)N1CCC2(CC(N3CCC(C4CCCN4C(=O)C(F)(F)F)CC3)C2)C1. The Morgan fingerprint density at radius 2 is 1.77 bits per heavy atom. The molecule has 0 bridgehead atoms. The molecule has 3 aliphatic heterocycles. The van der Waals surface area contributed by atoms with E-state index in [1.54, 1.807) is 0 Å². The van der Waals surface area contributed by atoms with E-state index in [-0.39, 0.29) is 30.0 Å². The lowest BCUT2D eigenvalue weighted by atomic mass is 9.64. The van der Waals surface area contributed by atoms with Gasteiger partial charge < -0.3 is 19.4 Å². The summed E-state index contributed by atoms with van der Waals surface area (Å²) in [6.45, 7) is 5.75. The molecule has 1 unspecified atom stereocenters. The van der Waals surface area contributed by atoms with Crippen LogP contribution in [0.3, 0.4) is 0 Å². The first-order valence-electron chi connectivity index (χ1n) is 11.3. The van der Waals surface area contributed by atoms with Crippen LogP contribution in [0, 0.1) is 11.3 Å². The molecule has 0 aromatic rings. The molecule has 170 valence electrons. The molecule has 4 aliphatic rings. The summed E-state index contributed by atoms with van der Waals surface area (Å²) in [5, 5.41) is 0. The molecule has 4 fully saturated rings. The Labute approximate surface area is 175 Å². The monoisotopic (exact) mass is 431 g/mol. The van der Waals surface area contributed by atoms with E-state index in [4.69, 9.17) is 4.74 Å². The van der Waals surface area contributed by atoms with Crippen molar-refractivity contribution in [3.05, 3.63) is 0 Å². The minimum absolute atomic E-state index is 0.162. The van der Waals surface area contributed by atoms with Gasteiger partial charge in [-0.3, -0.25) is 4.79 Å². The molecule has 2 amide bonds. The summed E-state index contributed by atoms with van der Waals surface area (Å²) in [5.74, 6) is -1.50. The normalized spacial score (nSPS) is 33.2. The molecule has 6 nitrogen and oxygen atoms in total. The number of amides is 2. The number of hydrogen-bond acceptors (Lipinski definition) is 4. The minimum Gasteiger partial charge on any atom is -0.450 e. The fraction of sp³-hybridized carbons (Fsp3) is 0.905.